The molecule has 1 atom stereocenters. The summed E-state index contributed by atoms with van der Waals surface area (Å²) in [5.41, 5.74) is 0. The molecule has 0 saturated heterocycles. The monoisotopic (exact) mass is 1120 g/mol. The van der Waals surface area contributed by atoms with Gasteiger partial charge in [-0.15, -0.1) is 0 Å². The number of hydrogen-bond donors (Lipinski definition) is 0. The summed E-state index contributed by atoms with van der Waals surface area (Å²) in [5, 5.41) is 0. The summed E-state index contributed by atoms with van der Waals surface area (Å²) in [4.78, 5) is 38.5. The second kappa shape index (κ2) is 68.6. The third kappa shape index (κ3) is 66.8. The smallest absolute Gasteiger partial charge is 0.306 e. The predicted molar refractivity (Wildman–Crippen MR) is 353 cm³/mol. The molecule has 0 aliphatic heterocycles. The lowest BCUT2D eigenvalue weighted by atomic mass is 10.0. The fourth-order valence-electron chi connectivity index (χ4n) is 9.63. The van der Waals surface area contributed by atoms with Gasteiger partial charge in [-0.25, -0.2) is 0 Å². The Labute approximate surface area is 501 Å². The Morgan fingerprint density at radius 2 is 0.481 bits per heavy atom. The first-order chi connectivity index (χ1) is 40.0. The van der Waals surface area contributed by atoms with E-state index in [0.29, 0.717) is 19.3 Å². The maximum atomic E-state index is 13.0. The molecular weight excluding hydrogens is 997 g/mol. The molecule has 0 aliphatic rings. The maximum Gasteiger partial charge on any atom is 0.306 e. The van der Waals surface area contributed by atoms with Crippen LogP contribution in [-0.4, -0.2) is 37.2 Å². The number of hydrogen-bond acceptors (Lipinski definition) is 6. The van der Waals surface area contributed by atoms with Crippen LogP contribution in [-0.2, 0) is 28.6 Å². The molecule has 0 fully saturated rings. The number of allylic oxidation sites excluding steroid dienone is 18. The summed E-state index contributed by atoms with van der Waals surface area (Å²) in [6.07, 6.45) is 93.8. The van der Waals surface area contributed by atoms with Gasteiger partial charge in [0.25, 0.3) is 0 Å². The molecule has 0 aromatic heterocycles. The van der Waals surface area contributed by atoms with Crippen LogP contribution in [0.5, 0.6) is 0 Å². The Bertz CT molecular complexity index is 1620. The molecule has 0 aromatic rings. The molecule has 464 valence electrons. The molecule has 6 nitrogen and oxygen atoms in total. The van der Waals surface area contributed by atoms with Gasteiger partial charge < -0.3 is 14.2 Å². The number of ether oxygens (including phenoxy) is 3. The molecule has 0 spiro atoms. The van der Waals surface area contributed by atoms with Crippen molar-refractivity contribution >= 4 is 17.9 Å². The Hall–Kier alpha value is -3.93. The van der Waals surface area contributed by atoms with Crippen LogP contribution in [0, 0.1) is 0 Å². The normalized spacial score (nSPS) is 12.8. The van der Waals surface area contributed by atoms with Gasteiger partial charge in [-0.1, -0.05) is 310 Å². The van der Waals surface area contributed by atoms with Crippen LogP contribution in [0.1, 0.15) is 329 Å². The van der Waals surface area contributed by atoms with Gasteiger partial charge in [0, 0.05) is 19.3 Å². The summed E-state index contributed by atoms with van der Waals surface area (Å²) in [7, 11) is 0. The first-order valence-corrected chi connectivity index (χ1v) is 34.4. The second-order valence-electron chi connectivity index (χ2n) is 22.7. The maximum absolute atomic E-state index is 13.0. The van der Waals surface area contributed by atoms with E-state index in [1.54, 1.807) is 0 Å². The Morgan fingerprint density at radius 3 is 0.753 bits per heavy atom. The fourth-order valence-corrected chi connectivity index (χ4v) is 9.63. The first-order valence-electron chi connectivity index (χ1n) is 34.4. The number of rotatable bonds is 62. The van der Waals surface area contributed by atoms with Crippen molar-refractivity contribution in [2.75, 3.05) is 13.2 Å². The minimum Gasteiger partial charge on any atom is -0.462 e. The van der Waals surface area contributed by atoms with E-state index in [0.717, 1.165) is 128 Å². The topological polar surface area (TPSA) is 78.9 Å². The Balaban J connectivity index is 4.44. The van der Waals surface area contributed by atoms with Crippen LogP contribution in [0.3, 0.4) is 0 Å². The molecule has 6 heteroatoms. The third-order valence-corrected chi connectivity index (χ3v) is 14.8. The first kappa shape index (κ1) is 77.1. The predicted octanol–water partition coefficient (Wildman–Crippen LogP) is 23.8. The minimum atomic E-state index is -0.796. The number of esters is 3. The average molecular weight is 1130 g/mol. The average Bonchev–Trinajstić information content (AvgIpc) is 3.47. The molecule has 0 heterocycles. The molecule has 0 N–H and O–H groups in total. The summed E-state index contributed by atoms with van der Waals surface area (Å²) in [5.74, 6) is -0.908. The van der Waals surface area contributed by atoms with Crippen LogP contribution in [0.25, 0.3) is 0 Å². The van der Waals surface area contributed by atoms with Crippen molar-refractivity contribution in [3.63, 3.8) is 0 Å². The standard InChI is InChI=1S/C75H128O6/c1-4-7-10-13-16-19-22-25-28-31-33-35-37-39-41-44-47-50-53-56-59-62-65-68-74(77)80-71-72(70-79-73(76)67-64-61-58-55-52-49-46-43-30-27-24-21-18-15-12-9-6-3)81-75(78)69-66-63-60-57-54-51-48-45-42-40-38-36-34-32-29-26-23-20-17-14-11-8-5-2/h7,10,16,19,23,25-26,28,32-35,38-41,47,50,72H,4-6,8-9,11-15,17-18,20-22,24,27,29-31,36-37,42-46,48-49,51-71H2,1-3H3/b10-7-,19-16-,26-23-,28-25-,34-32-,35-33-,40-38-,41-39-,50-47-. The molecule has 81 heavy (non-hydrogen) atoms. The highest BCUT2D eigenvalue weighted by Crippen LogP contribution is 2.17. The molecule has 0 aromatic carbocycles. The van der Waals surface area contributed by atoms with E-state index in [2.05, 4.69) is 130 Å². The van der Waals surface area contributed by atoms with Crippen LogP contribution in [0.2, 0.25) is 0 Å². The molecule has 1 unspecified atom stereocenters. The molecule has 0 aliphatic carbocycles. The van der Waals surface area contributed by atoms with Crippen molar-refractivity contribution < 1.29 is 28.6 Å². The highest BCUT2D eigenvalue weighted by molar-refractivity contribution is 5.71. The molecule has 0 bridgehead atoms. The van der Waals surface area contributed by atoms with E-state index in [9.17, 15) is 14.4 Å². The van der Waals surface area contributed by atoms with Crippen molar-refractivity contribution in [2.45, 2.75) is 335 Å². The molecule has 0 amide bonds. The third-order valence-electron chi connectivity index (χ3n) is 14.8. The van der Waals surface area contributed by atoms with Crippen LogP contribution in [0.4, 0.5) is 0 Å². The molecule has 0 saturated carbocycles. The second-order valence-corrected chi connectivity index (χ2v) is 22.7. The quantitative estimate of drug-likeness (QED) is 0.0261. The zero-order valence-electron chi connectivity index (χ0n) is 53.3. The largest absolute Gasteiger partial charge is 0.462 e. The summed E-state index contributed by atoms with van der Waals surface area (Å²) in [6.45, 7) is 6.53. The fraction of sp³-hybridized carbons (Fsp3) is 0.720. The molecular formula is C75H128O6. The van der Waals surface area contributed by atoms with Crippen LogP contribution in [0.15, 0.2) is 109 Å². The highest BCUT2D eigenvalue weighted by Gasteiger charge is 2.19. The zero-order valence-corrected chi connectivity index (χ0v) is 53.3. The lowest BCUT2D eigenvalue weighted by Gasteiger charge is -2.18. The summed E-state index contributed by atoms with van der Waals surface area (Å²) in [6, 6.07) is 0. The molecule has 0 rings (SSSR count). The molecule has 0 radical (unpaired) electrons. The SMILES string of the molecule is CC/C=C\C/C=C\C/C=C\C/C=C\C/C=C\C/C=C\CCCCCCC(=O)OCC(COC(=O)CCCCCCCCCCCCCCCCCCC)OC(=O)CCCCCCCCCC/C=C\C/C=C\C/C=C\CCCCCCC. The van der Waals surface area contributed by atoms with E-state index >= 15 is 0 Å². The lowest BCUT2D eigenvalue weighted by Crippen LogP contribution is -2.30. The lowest BCUT2D eigenvalue weighted by molar-refractivity contribution is -0.167. The van der Waals surface area contributed by atoms with Crippen molar-refractivity contribution in [1.29, 1.82) is 0 Å². The van der Waals surface area contributed by atoms with Gasteiger partial charge in [-0.3, -0.25) is 14.4 Å². The van der Waals surface area contributed by atoms with E-state index in [-0.39, 0.29) is 31.1 Å². The van der Waals surface area contributed by atoms with Crippen molar-refractivity contribution in [3.05, 3.63) is 109 Å². The minimum absolute atomic E-state index is 0.0878. The van der Waals surface area contributed by atoms with Crippen LogP contribution < -0.4 is 0 Å². The van der Waals surface area contributed by atoms with Gasteiger partial charge in [0.05, 0.1) is 0 Å². The summed E-state index contributed by atoms with van der Waals surface area (Å²) >= 11 is 0. The highest BCUT2D eigenvalue weighted by atomic mass is 16.6. The number of carbonyl (C=O) groups is 3. The van der Waals surface area contributed by atoms with Gasteiger partial charge >= 0.3 is 17.9 Å². The Kier molecular flexibility index (Phi) is 65.2. The summed E-state index contributed by atoms with van der Waals surface area (Å²) < 4.78 is 17.0. The Morgan fingerprint density at radius 1 is 0.259 bits per heavy atom. The van der Waals surface area contributed by atoms with Crippen molar-refractivity contribution in [2.24, 2.45) is 0 Å². The van der Waals surface area contributed by atoms with Gasteiger partial charge in [0.1, 0.15) is 13.2 Å². The van der Waals surface area contributed by atoms with E-state index in [1.165, 1.54) is 161 Å². The zero-order chi connectivity index (χ0) is 58.5. The van der Waals surface area contributed by atoms with Crippen molar-refractivity contribution in [1.82, 2.24) is 0 Å². The van der Waals surface area contributed by atoms with E-state index in [4.69, 9.17) is 14.2 Å². The van der Waals surface area contributed by atoms with E-state index in [1.807, 2.05) is 0 Å². The van der Waals surface area contributed by atoms with Gasteiger partial charge in [-0.05, 0) is 109 Å². The van der Waals surface area contributed by atoms with Crippen molar-refractivity contribution in [3.8, 4) is 0 Å². The van der Waals surface area contributed by atoms with Gasteiger partial charge in [0.2, 0.25) is 0 Å². The van der Waals surface area contributed by atoms with Gasteiger partial charge in [-0.2, -0.15) is 0 Å². The van der Waals surface area contributed by atoms with Gasteiger partial charge in [0.15, 0.2) is 6.10 Å². The number of unbranched alkanes of at least 4 members (excludes halogenated alkanes) is 33. The number of carbonyl (C=O) groups excluding carboxylic acids is 3. The van der Waals surface area contributed by atoms with E-state index < -0.39 is 6.10 Å². The van der Waals surface area contributed by atoms with Crippen LogP contribution >= 0.6 is 0 Å².